The molecule has 0 bridgehead atoms. The minimum Gasteiger partial charge on any atom is -0.406 e. The molecule has 0 heterocycles. The number of hydrogen-bond donors (Lipinski definition) is 0. The quantitative estimate of drug-likeness (QED) is 0.578. The van der Waals surface area contributed by atoms with Crippen LogP contribution in [0, 0.1) is 6.92 Å². The van der Waals surface area contributed by atoms with E-state index in [0.717, 1.165) is 0 Å². The number of allylic oxidation sites excluding steroid dienone is 4. The smallest absolute Gasteiger partial charge is 0.406 e. The van der Waals surface area contributed by atoms with Gasteiger partial charge in [0.15, 0.2) is 0 Å². The second kappa shape index (κ2) is 7.47. The molecule has 2 rings (SSSR count). The van der Waals surface area contributed by atoms with Crippen LogP contribution in [0.25, 0.3) is 5.57 Å². The van der Waals surface area contributed by atoms with Crippen molar-refractivity contribution in [2.45, 2.75) is 46.9 Å². The Morgan fingerprint density at radius 1 is 1.09 bits per heavy atom. The molecule has 0 radical (unpaired) electrons. The van der Waals surface area contributed by atoms with Crippen LogP contribution in [0.15, 0.2) is 35.7 Å². The van der Waals surface area contributed by atoms with E-state index in [0.29, 0.717) is 35.1 Å². The van der Waals surface area contributed by atoms with Gasteiger partial charge in [-0.3, -0.25) is 0 Å². The van der Waals surface area contributed by atoms with Gasteiger partial charge in [0.2, 0.25) is 0 Å². The van der Waals surface area contributed by atoms with Crippen molar-refractivity contribution in [3.8, 4) is 5.75 Å². The lowest BCUT2D eigenvalue weighted by Crippen LogP contribution is -2.17. The Morgan fingerprint density at radius 2 is 1.73 bits per heavy atom. The molecule has 0 aliphatic heterocycles. The number of aryl methyl sites for hydroxylation is 1. The van der Waals surface area contributed by atoms with Crippen LogP contribution in [0.2, 0.25) is 0 Å². The normalized spacial score (nSPS) is 15.0. The minimum atomic E-state index is -4.75. The van der Waals surface area contributed by atoms with Gasteiger partial charge in [-0.15, -0.1) is 13.2 Å². The van der Waals surface area contributed by atoms with E-state index in [1.807, 2.05) is 13.8 Å². The number of alkyl halides is 3. The highest BCUT2D eigenvalue weighted by molar-refractivity contribution is 5.81. The lowest BCUT2D eigenvalue weighted by molar-refractivity contribution is -0.274. The molecule has 0 aromatic heterocycles. The van der Waals surface area contributed by atoms with Gasteiger partial charge in [0, 0.05) is 5.57 Å². The van der Waals surface area contributed by atoms with Gasteiger partial charge >= 0.3 is 6.36 Å². The number of ether oxygens (including phenoxy) is 1. The molecule has 122 valence electrons. The third kappa shape index (κ3) is 4.61. The first-order valence-electron chi connectivity index (χ1n) is 7.20. The molecule has 1 aromatic rings. The molecule has 5 heteroatoms. The Bertz CT molecular complexity index is 583. The molecule has 1 aliphatic rings. The zero-order valence-corrected chi connectivity index (χ0v) is 13.1. The summed E-state index contributed by atoms with van der Waals surface area (Å²) in [6.07, 6.45) is -1.73. The molecule has 0 unspecified atom stereocenters. The Balaban J connectivity index is 0.00000116. The highest BCUT2D eigenvalue weighted by Gasteiger charge is 2.31. The molecule has 0 fully saturated rings. The number of benzene rings is 1. The van der Waals surface area contributed by atoms with E-state index in [1.165, 1.54) is 18.2 Å². The van der Waals surface area contributed by atoms with Gasteiger partial charge < -0.3 is 4.74 Å². The third-order valence-corrected chi connectivity index (χ3v) is 3.21. The van der Waals surface area contributed by atoms with Gasteiger partial charge in [0.1, 0.15) is 11.6 Å². The van der Waals surface area contributed by atoms with Gasteiger partial charge in [-0.05, 0) is 55.5 Å². The molecule has 0 saturated heterocycles. The van der Waals surface area contributed by atoms with E-state index in [9.17, 15) is 17.6 Å². The molecule has 1 nitrogen and oxygen atoms in total. The Morgan fingerprint density at radius 3 is 2.32 bits per heavy atom. The van der Waals surface area contributed by atoms with Crippen LogP contribution in [-0.2, 0) is 0 Å². The van der Waals surface area contributed by atoms with E-state index < -0.39 is 6.36 Å². The van der Waals surface area contributed by atoms with Crippen LogP contribution >= 0.6 is 0 Å². The van der Waals surface area contributed by atoms with Crippen LogP contribution in [-0.4, -0.2) is 6.36 Å². The van der Waals surface area contributed by atoms with E-state index in [-0.39, 0.29) is 11.6 Å². The van der Waals surface area contributed by atoms with Crippen molar-refractivity contribution in [2.75, 3.05) is 0 Å². The standard InChI is InChI=1S/C15H14F4O.C2H6/c1-9-6-7-11(20-15(17,18)19)8-13(9)12-5-3-4-10(2)14(12)16;1-2/h5-8H,3-4H2,1-2H3;1-2H3. The van der Waals surface area contributed by atoms with E-state index in [4.69, 9.17) is 0 Å². The average molecular weight is 316 g/mol. The van der Waals surface area contributed by atoms with Gasteiger partial charge in [0.25, 0.3) is 0 Å². The Kier molecular flexibility index (Phi) is 6.21. The van der Waals surface area contributed by atoms with Crippen molar-refractivity contribution in [1.29, 1.82) is 0 Å². The zero-order valence-electron chi connectivity index (χ0n) is 13.1. The molecule has 0 saturated carbocycles. The maximum Gasteiger partial charge on any atom is 0.573 e. The molecular weight excluding hydrogens is 296 g/mol. The van der Waals surface area contributed by atoms with Crippen LogP contribution in [0.1, 0.15) is 44.7 Å². The second-order valence-electron chi connectivity index (χ2n) is 4.78. The first-order valence-corrected chi connectivity index (χ1v) is 7.20. The molecule has 0 amide bonds. The van der Waals surface area contributed by atoms with Gasteiger partial charge in [-0.25, -0.2) is 4.39 Å². The average Bonchev–Trinajstić information content (AvgIpc) is 2.45. The van der Waals surface area contributed by atoms with E-state index in [1.54, 1.807) is 19.9 Å². The summed E-state index contributed by atoms with van der Waals surface area (Å²) in [5.41, 5.74) is 2.10. The lowest BCUT2D eigenvalue weighted by atomic mass is 9.91. The Hall–Kier alpha value is -1.78. The predicted molar refractivity (Wildman–Crippen MR) is 80.2 cm³/mol. The van der Waals surface area contributed by atoms with Crippen LogP contribution in [0.4, 0.5) is 17.6 Å². The molecule has 22 heavy (non-hydrogen) atoms. The fraction of sp³-hybridized carbons (Fsp3) is 0.412. The summed E-state index contributed by atoms with van der Waals surface area (Å²) < 4.78 is 54.7. The topological polar surface area (TPSA) is 9.23 Å². The number of hydrogen-bond acceptors (Lipinski definition) is 1. The third-order valence-electron chi connectivity index (χ3n) is 3.21. The number of halogens is 4. The Labute approximate surface area is 128 Å². The van der Waals surface area contributed by atoms with Crippen molar-refractivity contribution in [1.82, 2.24) is 0 Å². The molecule has 1 aliphatic carbocycles. The summed E-state index contributed by atoms with van der Waals surface area (Å²) >= 11 is 0. The van der Waals surface area contributed by atoms with Gasteiger partial charge in [-0.2, -0.15) is 0 Å². The minimum absolute atomic E-state index is 0.338. The summed E-state index contributed by atoms with van der Waals surface area (Å²) in [5, 5.41) is 0. The van der Waals surface area contributed by atoms with Crippen molar-refractivity contribution >= 4 is 5.57 Å². The maximum atomic E-state index is 14.1. The summed E-state index contributed by atoms with van der Waals surface area (Å²) in [6.45, 7) is 7.42. The maximum absolute atomic E-state index is 14.1. The van der Waals surface area contributed by atoms with Crippen molar-refractivity contribution in [3.05, 3.63) is 46.8 Å². The van der Waals surface area contributed by atoms with E-state index >= 15 is 0 Å². The van der Waals surface area contributed by atoms with Crippen LogP contribution in [0.3, 0.4) is 0 Å². The summed E-state index contributed by atoms with van der Waals surface area (Å²) in [7, 11) is 0. The monoisotopic (exact) mass is 316 g/mol. The second-order valence-corrected chi connectivity index (χ2v) is 4.78. The van der Waals surface area contributed by atoms with Crippen molar-refractivity contribution in [3.63, 3.8) is 0 Å². The van der Waals surface area contributed by atoms with Gasteiger partial charge in [-0.1, -0.05) is 26.0 Å². The van der Waals surface area contributed by atoms with Crippen LogP contribution in [0.5, 0.6) is 5.75 Å². The summed E-state index contributed by atoms with van der Waals surface area (Å²) in [5.74, 6) is -0.696. The van der Waals surface area contributed by atoms with Crippen molar-refractivity contribution in [2.24, 2.45) is 0 Å². The van der Waals surface area contributed by atoms with Crippen LogP contribution < -0.4 is 4.74 Å². The number of rotatable bonds is 2. The van der Waals surface area contributed by atoms with Gasteiger partial charge in [0.05, 0.1) is 0 Å². The fourth-order valence-electron chi connectivity index (χ4n) is 2.18. The summed E-state index contributed by atoms with van der Waals surface area (Å²) in [4.78, 5) is 0. The SMILES string of the molecule is CC.CC1=C(F)C(c2cc(OC(F)(F)F)ccc2C)=CCC1. The van der Waals surface area contributed by atoms with E-state index in [2.05, 4.69) is 4.74 Å². The molecule has 0 spiro atoms. The first kappa shape index (κ1) is 18.3. The van der Waals surface area contributed by atoms with Crippen molar-refractivity contribution < 1.29 is 22.3 Å². The largest absolute Gasteiger partial charge is 0.573 e. The first-order chi connectivity index (χ1) is 10.3. The fourth-order valence-corrected chi connectivity index (χ4v) is 2.18. The highest BCUT2D eigenvalue weighted by Crippen LogP contribution is 2.36. The molecule has 1 aromatic carbocycles. The molecular formula is C17H20F4O. The summed E-state index contributed by atoms with van der Waals surface area (Å²) in [6, 6.07) is 3.95. The predicted octanol–water partition coefficient (Wildman–Crippen LogP) is 6.34. The zero-order chi connectivity index (χ0) is 16.9. The highest BCUT2D eigenvalue weighted by atomic mass is 19.4. The molecule has 0 atom stereocenters. The lowest BCUT2D eigenvalue weighted by Gasteiger charge is -2.17. The molecule has 0 N–H and O–H groups in total.